The molecule has 0 atom stereocenters. The van der Waals surface area contributed by atoms with Gasteiger partial charge in [-0.2, -0.15) is 0 Å². The van der Waals surface area contributed by atoms with E-state index < -0.39 is 5.91 Å². The first-order valence-electron chi connectivity index (χ1n) is 6.89. The minimum absolute atomic E-state index is 0.104. The van der Waals surface area contributed by atoms with Gasteiger partial charge in [-0.15, -0.1) is 0 Å². The number of primary amides is 1. The zero-order chi connectivity index (χ0) is 17.3. The topological polar surface area (TPSA) is 78.6 Å². The number of halogens is 2. The Morgan fingerprint density at radius 1 is 1.21 bits per heavy atom. The Morgan fingerprint density at radius 2 is 1.92 bits per heavy atom. The number of allylic oxidation sites excluding steroid dienone is 1. The summed E-state index contributed by atoms with van der Waals surface area (Å²) in [6.07, 6.45) is 1.50. The van der Waals surface area contributed by atoms with Crippen molar-refractivity contribution >= 4 is 41.0 Å². The Hall–Kier alpha value is -2.50. The van der Waals surface area contributed by atoms with E-state index in [0.29, 0.717) is 32.7 Å². The molecule has 0 aromatic heterocycles. The summed E-state index contributed by atoms with van der Waals surface area (Å²) in [5.41, 5.74) is 5.92. The number of nitrogens with two attached hydrogens (primary N) is 1. The molecule has 2 aromatic carbocycles. The summed E-state index contributed by atoms with van der Waals surface area (Å²) in [4.78, 5) is 23.2. The van der Waals surface area contributed by atoms with E-state index in [0.717, 1.165) is 0 Å². The third-order valence-electron chi connectivity index (χ3n) is 3.30. The van der Waals surface area contributed by atoms with Crippen LogP contribution >= 0.6 is 23.2 Å². The second-order valence-corrected chi connectivity index (χ2v) is 5.80. The van der Waals surface area contributed by atoms with Crippen LogP contribution in [0.3, 0.4) is 0 Å². The number of fused-ring (bicyclic) bond motifs is 1. The molecular weight excluding hydrogens is 353 g/mol. The molecule has 24 heavy (non-hydrogen) atoms. The smallest absolute Gasteiger partial charge is 0.255 e. The lowest BCUT2D eigenvalue weighted by atomic mass is 10.1. The van der Waals surface area contributed by atoms with Crippen LogP contribution in [0.25, 0.3) is 6.08 Å². The van der Waals surface area contributed by atoms with Gasteiger partial charge in [0.2, 0.25) is 5.78 Å². The van der Waals surface area contributed by atoms with Crippen molar-refractivity contribution in [3.05, 3.63) is 63.3 Å². The predicted octanol–water partition coefficient (Wildman–Crippen LogP) is 3.47. The van der Waals surface area contributed by atoms with E-state index in [9.17, 15) is 9.59 Å². The fourth-order valence-corrected chi connectivity index (χ4v) is 2.70. The average Bonchev–Trinajstić information content (AvgIpc) is 2.85. The summed E-state index contributed by atoms with van der Waals surface area (Å²) in [6, 6.07) is 9.69. The summed E-state index contributed by atoms with van der Waals surface area (Å²) in [6.45, 7) is -0.259. The number of ether oxygens (including phenoxy) is 2. The van der Waals surface area contributed by atoms with Gasteiger partial charge in [-0.05, 0) is 30.3 Å². The number of rotatable bonds is 4. The molecule has 1 aliphatic rings. The van der Waals surface area contributed by atoms with Crippen molar-refractivity contribution in [2.75, 3.05) is 6.61 Å². The largest absolute Gasteiger partial charge is 0.484 e. The Kier molecular flexibility index (Phi) is 4.46. The van der Waals surface area contributed by atoms with E-state index in [1.807, 2.05) is 0 Å². The van der Waals surface area contributed by atoms with Gasteiger partial charge in [-0.25, -0.2) is 0 Å². The maximum atomic E-state index is 12.4. The average molecular weight is 364 g/mol. The quantitative estimate of drug-likeness (QED) is 0.843. The molecule has 7 heteroatoms. The highest BCUT2D eigenvalue weighted by atomic mass is 35.5. The van der Waals surface area contributed by atoms with E-state index in [4.69, 9.17) is 38.4 Å². The molecule has 122 valence electrons. The number of hydrogen-bond donors (Lipinski definition) is 1. The van der Waals surface area contributed by atoms with Crippen molar-refractivity contribution < 1.29 is 19.1 Å². The Labute approximate surface area is 147 Å². The molecule has 0 radical (unpaired) electrons. The first-order chi connectivity index (χ1) is 11.5. The van der Waals surface area contributed by atoms with Gasteiger partial charge in [-0.3, -0.25) is 9.59 Å². The number of carbonyl (C=O) groups excluding carboxylic acids is 2. The van der Waals surface area contributed by atoms with Crippen LogP contribution in [0.5, 0.6) is 11.5 Å². The summed E-state index contributed by atoms with van der Waals surface area (Å²) in [7, 11) is 0. The predicted molar refractivity (Wildman–Crippen MR) is 90.5 cm³/mol. The Bertz CT molecular complexity index is 857. The number of benzene rings is 2. The summed E-state index contributed by atoms with van der Waals surface area (Å²) in [5.74, 6) is -0.0790. The first-order valence-corrected chi connectivity index (χ1v) is 7.64. The molecule has 5 nitrogen and oxygen atoms in total. The van der Waals surface area contributed by atoms with Crippen LogP contribution in [0.1, 0.15) is 15.9 Å². The van der Waals surface area contributed by atoms with Crippen LogP contribution in [0.15, 0.2) is 42.2 Å². The molecule has 1 amide bonds. The van der Waals surface area contributed by atoms with Gasteiger partial charge in [0.15, 0.2) is 12.4 Å². The molecule has 2 N–H and O–H groups in total. The van der Waals surface area contributed by atoms with Crippen molar-refractivity contribution in [3.8, 4) is 11.5 Å². The van der Waals surface area contributed by atoms with Crippen molar-refractivity contribution in [2.45, 2.75) is 0 Å². The third kappa shape index (κ3) is 3.22. The molecule has 3 rings (SSSR count). The lowest BCUT2D eigenvalue weighted by Gasteiger charge is -2.05. The van der Waals surface area contributed by atoms with E-state index in [1.54, 1.807) is 30.3 Å². The van der Waals surface area contributed by atoms with Crippen LogP contribution in [0.4, 0.5) is 0 Å². The normalized spacial score (nSPS) is 14.4. The first kappa shape index (κ1) is 16.4. The van der Waals surface area contributed by atoms with E-state index in [-0.39, 0.29) is 18.1 Å². The highest BCUT2D eigenvalue weighted by molar-refractivity contribution is 6.37. The Morgan fingerprint density at radius 3 is 2.58 bits per heavy atom. The van der Waals surface area contributed by atoms with Gasteiger partial charge in [0, 0.05) is 21.7 Å². The minimum Gasteiger partial charge on any atom is -0.484 e. The molecule has 0 saturated heterocycles. The van der Waals surface area contributed by atoms with Crippen molar-refractivity contribution in [1.29, 1.82) is 0 Å². The molecule has 2 aromatic rings. The molecule has 0 saturated carbocycles. The van der Waals surface area contributed by atoms with Gasteiger partial charge < -0.3 is 15.2 Å². The second-order valence-electron chi connectivity index (χ2n) is 4.99. The lowest BCUT2D eigenvalue weighted by molar-refractivity contribution is -0.119. The van der Waals surface area contributed by atoms with Crippen molar-refractivity contribution in [3.63, 3.8) is 0 Å². The van der Waals surface area contributed by atoms with E-state index >= 15 is 0 Å². The van der Waals surface area contributed by atoms with Crippen molar-refractivity contribution in [2.24, 2.45) is 5.73 Å². The SMILES string of the molecule is NC(=O)COc1ccc2c(c1)O/C(=C/c1c(Cl)cccc1Cl)C2=O. The second kappa shape index (κ2) is 6.55. The molecule has 1 aliphatic heterocycles. The lowest BCUT2D eigenvalue weighted by Crippen LogP contribution is -2.19. The number of carbonyl (C=O) groups is 2. The number of amides is 1. The molecule has 0 aliphatic carbocycles. The third-order valence-corrected chi connectivity index (χ3v) is 3.96. The fourth-order valence-electron chi connectivity index (χ4n) is 2.19. The summed E-state index contributed by atoms with van der Waals surface area (Å²) < 4.78 is 10.8. The number of ketones is 1. The van der Waals surface area contributed by atoms with Crippen LogP contribution in [-0.2, 0) is 4.79 Å². The van der Waals surface area contributed by atoms with Crippen LogP contribution in [0, 0.1) is 0 Å². The summed E-state index contributed by atoms with van der Waals surface area (Å²) in [5, 5.41) is 0.820. The monoisotopic (exact) mass is 363 g/mol. The van der Waals surface area contributed by atoms with Gasteiger partial charge in [-0.1, -0.05) is 29.3 Å². The highest BCUT2D eigenvalue weighted by Gasteiger charge is 2.28. The summed E-state index contributed by atoms with van der Waals surface area (Å²) >= 11 is 12.2. The highest BCUT2D eigenvalue weighted by Crippen LogP contribution is 2.36. The van der Waals surface area contributed by atoms with Gasteiger partial charge >= 0.3 is 0 Å². The molecule has 0 unspecified atom stereocenters. The molecule has 0 fully saturated rings. The van der Waals surface area contributed by atoms with Crippen LogP contribution < -0.4 is 15.2 Å². The van der Waals surface area contributed by atoms with Crippen LogP contribution in [-0.4, -0.2) is 18.3 Å². The van der Waals surface area contributed by atoms with Gasteiger partial charge in [0.1, 0.15) is 11.5 Å². The zero-order valence-electron chi connectivity index (χ0n) is 12.2. The standard InChI is InChI=1S/C17H11Cl2NO4/c18-12-2-1-3-13(19)11(12)7-15-17(22)10-5-4-9(6-14(10)24-15)23-8-16(20)21/h1-7H,8H2,(H2,20,21)/b15-7+. The Balaban J connectivity index is 1.90. The van der Waals surface area contributed by atoms with Crippen molar-refractivity contribution in [1.82, 2.24) is 0 Å². The number of Topliss-reactive ketones (excluding diaryl/α,β-unsaturated/α-hetero) is 1. The zero-order valence-corrected chi connectivity index (χ0v) is 13.7. The maximum absolute atomic E-state index is 12.4. The number of hydrogen-bond acceptors (Lipinski definition) is 4. The van der Waals surface area contributed by atoms with E-state index in [2.05, 4.69) is 0 Å². The molecular formula is C17H11Cl2NO4. The van der Waals surface area contributed by atoms with Gasteiger partial charge in [0.25, 0.3) is 5.91 Å². The maximum Gasteiger partial charge on any atom is 0.255 e. The minimum atomic E-state index is -0.596. The van der Waals surface area contributed by atoms with Gasteiger partial charge in [0.05, 0.1) is 5.56 Å². The van der Waals surface area contributed by atoms with Crippen LogP contribution in [0.2, 0.25) is 10.0 Å². The molecule has 0 spiro atoms. The molecule has 0 bridgehead atoms. The van der Waals surface area contributed by atoms with E-state index in [1.165, 1.54) is 12.1 Å². The fraction of sp³-hybridized carbons (Fsp3) is 0.0588. The molecule has 1 heterocycles.